The van der Waals surface area contributed by atoms with Crippen LogP contribution < -0.4 is 36.2 Å². The highest BCUT2D eigenvalue weighted by atomic mass is 35.5. The maximum Gasteiger partial charge on any atom is 0.264 e. The van der Waals surface area contributed by atoms with E-state index in [1.165, 1.54) is 18.3 Å². The number of hydrogen-bond donors (Lipinski definition) is 4. The summed E-state index contributed by atoms with van der Waals surface area (Å²) in [5.41, 5.74) is 2.50. The summed E-state index contributed by atoms with van der Waals surface area (Å²) in [6.07, 6.45) is 3.79. The highest BCUT2D eigenvalue weighted by molar-refractivity contribution is 7.70. The van der Waals surface area contributed by atoms with Gasteiger partial charge in [0, 0.05) is 62.5 Å². The van der Waals surface area contributed by atoms with Gasteiger partial charge in [0.15, 0.2) is 5.82 Å². The van der Waals surface area contributed by atoms with Crippen molar-refractivity contribution in [1.82, 2.24) is 25.1 Å². The number of amides is 6. The van der Waals surface area contributed by atoms with Gasteiger partial charge in [-0.3, -0.25) is 39.0 Å². The first kappa shape index (κ1) is 43.8. The molecule has 4 N–H and O–H groups in total. The van der Waals surface area contributed by atoms with Gasteiger partial charge in [0.2, 0.25) is 29.6 Å². The van der Waals surface area contributed by atoms with Crippen molar-refractivity contribution in [2.45, 2.75) is 51.0 Å². The number of carbonyl (C=O) groups excluding carboxylic acids is 6. The van der Waals surface area contributed by atoms with Crippen molar-refractivity contribution < 1.29 is 38.1 Å². The van der Waals surface area contributed by atoms with Gasteiger partial charge in [-0.15, -0.1) is 0 Å². The number of piperidine rings is 1. The van der Waals surface area contributed by atoms with E-state index in [0.717, 1.165) is 10.6 Å². The Kier molecular flexibility index (Phi) is 13.2. The van der Waals surface area contributed by atoms with E-state index >= 15 is 0 Å². The van der Waals surface area contributed by atoms with Crippen LogP contribution in [0.5, 0.6) is 5.75 Å². The van der Waals surface area contributed by atoms with E-state index in [4.69, 9.17) is 16.3 Å². The van der Waals surface area contributed by atoms with Crippen LogP contribution in [-0.2, 0) is 23.7 Å². The van der Waals surface area contributed by atoms with Crippen molar-refractivity contribution in [2.24, 2.45) is 0 Å². The van der Waals surface area contributed by atoms with Crippen molar-refractivity contribution in [3.63, 3.8) is 0 Å². The lowest BCUT2D eigenvalue weighted by Gasteiger charge is -2.36. The van der Waals surface area contributed by atoms with Gasteiger partial charge < -0.3 is 35.1 Å². The molecule has 0 radical (unpaired) electrons. The third-order valence-electron chi connectivity index (χ3n) is 10.9. The normalized spacial score (nSPS) is 16.5. The lowest BCUT2D eigenvalue weighted by molar-refractivity contribution is -0.136. The van der Waals surface area contributed by atoms with E-state index in [2.05, 4.69) is 36.1 Å². The molecule has 6 amide bonds. The SMILES string of the molecule is COc1cc(N2CCN(C(=O)CCCCCC(=O)Nc3cccc4c3C(=O)N(C3CCC(=O)NC3=O)C4=O)CC2)ccc1Nc1ncc(Cl)c(Nc2ccccc2P(C)(C)=O)n1. The molecule has 3 aliphatic rings. The Morgan fingerprint density at radius 2 is 1.63 bits per heavy atom. The summed E-state index contributed by atoms with van der Waals surface area (Å²) in [5, 5.41) is 12.3. The molecule has 2 fully saturated rings. The number of halogens is 1. The summed E-state index contributed by atoms with van der Waals surface area (Å²) in [6, 6.07) is 16.5. The molecule has 1 aromatic heterocycles. The summed E-state index contributed by atoms with van der Waals surface area (Å²) in [5.74, 6) is -1.60. The van der Waals surface area contributed by atoms with Crippen LogP contribution in [0.25, 0.3) is 0 Å². The number of unbranched alkanes of at least 4 members (excludes halogenated alkanes) is 2. The first-order valence-corrected chi connectivity index (χ1v) is 23.3. The van der Waals surface area contributed by atoms with Crippen LogP contribution >= 0.6 is 18.7 Å². The number of carbonyl (C=O) groups is 6. The van der Waals surface area contributed by atoms with Crippen molar-refractivity contribution in [1.29, 1.82) is 0 Å². The zero-order chi connectivity index (χ0) is 44.1. The highest BCUT2D eigenvalue weighted by Gasteiger charge is 2.45. The van der Waals surface area contributed by atoms with Crippen molar-refractivity contribution in [2.75, 3.05) is 67.5 Å². The number of hydrogen-bond acceptors (Lipinski definition) is 13. The number of imide groups is 2. The van der Waals surface area contributed by atoms with Gasteiger partial charge in [-0.2, -0.15) is 4.98 Å². The predicted octanol–water partition coefficient (Wildman–Crippen LogP) is 5.51. The Morgan fingerprint density at radius 1 is 0.887 bits per heavy atom. The molecule has 324 valence electrons. The van der Waals surface area contributed by atoms with Crippen LogP contribution in [0.2, 0.25) is 5.02 Å². The van der Waals surface area contributed by atoms with Gasteiger partial charge in [-0.25, -0.2) is 4.98 Å². The molecule has 19 heteroatoms. The zero-order valence-electron chi connectivity index (χ0n) is 34.5. The van der Waals surface area contributed by atoms with Crippen LogP contribution in [0.3, 0.4) is 0 Å². The average Bonchev–Trinajstić information content (AvgIpc) is 3.50. The molecule has 3 aliphatic heterocycles. The number of methoxy groups -OCH3 is 1. The van der Waals surface area contributed by atoms with Gasteiger partial charge in [0.25, 0.3) is 11.8 Å². The summed E-state index contributed by atoms with van der Waals surface area (Å²) in [4.78, 5) is 90.3. The first-order valence-electron chi connectivity index (χ1n) is 20.3. The monoisotopic (exact) mass is 883 g/mol. The van der Waals surface area contributed by atoms with Crippen LogP contribution in [0.1, 0.15) is 65.7 Å². The number of benzene rings is 3. The number of ether oxygens (including phenoxy) is 1. The molecule has 2 saturated heterocycles. The van der Waals surface area contributed by atoms with Crippen LogP contribution in [0.4, 0.5) is 34.5 Å². The topological polar surface area (TPSA) is 212 Å². The average molecular weight is 884 g/mol. The Hall–Kier alpha value is -6.32. The molecule has 0 spiro atoms. The van der Waals surface area contributed by atoms with E-state index < -0.39 is 36.8 Å². The lowest BCUT2D eigenvalue weighted by Crippen LogP contribution is -2.54. The van der Waals surface area contributed by atoms with E-state index in [9.17, 15) is 33.3 Å². The fraction of sp³-hybridized carbons (Fsp3) is 0.349. The molecule has 4 heterocycles. The minimum atomic E-state index is -2.58. The van der Waals surface area contributed by atoms with Crippen LogP contribution in [0, 0.1) is 0 Å². The van der Waals surface area contributed by atoms with Gasteiger partial charge in [0.05, 0.1) is 41.5 Å². The van der Waals surface area contributed by atoms with E-state index in [1.54, 1.807) is 26.5 Å². The molecule has 0 aliphatic carbocycles. The van der Waals surface area contributed by atoms with E-state index in [1.807, 2.05) is 47.4 Å². The molecular weight excluding hydrogens is 837 g/mol. The second-order valence-corrected chi connectivity index (χ2v) is 19.1. The second-order valence-electron chi connectivity index (χ2n) is 15.5. The Bertz CT molecular complexity index is 2490. The summed E-state index contributed by atoms with van der Waals surface area (Å²) in [6.45, 7) is 5.77. The predicted molar refractivity (Wildman–Crippen MR) is 236 cm³/mol. The summed E-state index contributed by atoms with van der Waals surface area (Å²) in [7, 11) is -1.00. The fourth-order valence-corrected chi connectivity index (χ4v) is 9.03. The minimum Gasteiger partial charge on any atom is -0.494 e. The number of piperazine rings is 1. The van der Waals surface area contributed by atoms with E-state index in [0.29, 0.717) is 85.1 Å². The lowest BCUT2D eigenvalue weighted by atomic mass is 10.0. The quantitative estimate of drug-likeness (QED) is 0.0660. The number of nitrogens with one attached hydrogen (secondary N) is 4. The van der Waals surface area contributed by atoms with Gasteiger partial charge in [0.1, 0.15) is 24.0 Å². The molecule has 1 unspecified atom stereocenters. The molecule has 17 nitrogen and oxygen atoms in total. The Morgan fingerprint density at radius 3 is 2.37 bits per heavy atom. The Labute approximate surface area is 363 Å². The fourth-order valence-electron chi connectivity index (χ4n) is 7.73. The second kappa shape index (κ2) is 18.7. The first-order chi connectivity index (χ1) is 29.7. The number of nitrogens with zero attached hydrogens (tertiary/aromatic N) is 5. The highest BCUT2D eigenvalue weighted by Crippen LogP contribution is 2.39. The van der Waals surface area contributed by atoms with Gasteiger partial charge >= 0.3 is 0 Å². The van der Waals surface area contributed by atoms with Crippen molar-refractivity contribution in [3.8, 4) is 5.75 Å². The summed E-state index contributed by atoms with van der Waals surface area (Å²) >= 11 is 6.44. The largest absolute Gasteiger partial charge is 0.494 e. The third kappa shape index (κ3) is 9.74. The molecule has 62 heavy (non-hydrogen) atoms. The Balaban J connectivity index is 0.853. The number of anilines is 6. The zero-order valence-corrected chi connectivity index (χ0v) is 36.2. The minimum absolute atomic E-state index is 0.00827. The number of aromatic nitrogens is 2. The van der Waals surface area contributed by atoms with E-state index in [-0.39, 0.29) is 53.8 Å². The number of fused-ring (bicyclic) bond motifs is 1. The molecule has 3 aromatic carbocycles. The molecule has 0 saturated carbocycles. The number of rotatable bonds is 15. The molecule has 4 aromatic rings. The van der Waals surface area contributed by atoms with Crippen molar-refractivity contribution in [3.05, 3.63) is 83.0 Å². The standard InChI is InChI=1S/C43H47ClN9O8P/c1-61-33-24-26(16-17-29(33)48-43-45-25-28(44)39(50-43)47-30-11-7-8-13-34(30)62(2,3)60)51-20-22-52(23-21-51)37(56)15-6-4-5-14-35(54)46-31-12-9-10-27-38(31)42(59)53(41(27)58)32-18-19-36(55)49-40(32)57/h7-13,16-17,24-25,32H,4-6,14-15,18-23H2,1-3H3,(H,46,54)(H,49,55,57)(H2,45,47,48,50). The maximum absolute atomic E-state index is 13.3. The maximum atomic E-state index is 13.3. The summed E-state index contributed by atoms with van der Waals surface area (Å²) < 4.78 is 18.6. The molecular formula is C43H47ClN9O8P. The third-order valence-corrected chi connectivity index (χ3v) is 12.8. The van der Waals surface area contributed by atoms with Crippen LogP contribution in [-0.4, -0.2) is 108 Å². The van der Waals surface area contributed by atoms with Crippen molar-refractivity contribution >= 4 is 94.0 Å². The number of para-hydroxylation sites is 1. The van der Waals surface area contributed by atoms with Crippen LogP contribution in [0.15, 0.2) is 66.9 Å². The van der Waals surface area contributed by atoms with Gasteiger partial charge in [-0.05, 0) is 69.0 Å². The van der Waals surface area contributed by atoms with Gasteiger partial charge in [-0.1, -0.05) is 36.2 Å². The smallest absolute Gasteiger partial charge is 0.264 e. The molecule has 1 atom stereocenters. The molecule has 0 bridgehead atoms. The molecule has 7 rings (SSSR count).